The number of carbonyl (C=O) groups is 2. The number of hydrogen-bond acceptors (Lipinski definition) is 2. The lowest BCUT2D eigenvalue weighted by atomic mass is 10.1. The lowest BCUT2D eigenvalue weighted by Gasteiger charge is -2.18. The predicted molar refractivity (Wildman–Crippen MR) is 65.8 cm³/mol. The molecule has 1 aromatic carbocycles. The van der Waals surface area contributed by atoms with Crippen molar-refractivity contribution >= 4 is 17.5 Å². The molecule has 0 saturated carbocycles. The van der Waals surface area contributed by atoms with Gasteiger partial charge in [-0.2, -0.15) is 13.2 Å². The molecule has 114 valence electrons. The third kappa shape index (κ3) is 4.17. The second kappa shape index (κ2) is 5.71. The fourth-order valence-corrected chi connectivity index (χ4v) is 2.09. The van der Waals surface area contributed by atoms with Crippen LogP contribution in [0.15, 0.2) is 24.3 Å². The van der Waals surface area contributed by atoms with Gasteiger partial charge in [-0.05, 0) is 24.3 Å². The van der Waals surface area contributed by atoms with E-state index in [2.05, 4.69) is 5.32 Å². The Morgan fingerprint density at radius 2 is 1.90 bits per heavy atom. The van der Waals surface area contributed by atoms with Crippen molar-refractivity contribution in [3.05, 3.63) is 30.1 Å². The fraction of sp³-hybridized carbons (Fsp3) is 0.385. The standard InChI is InChI=1S/C13H12F4N2O2/c14-9-1-3-10(4-2-9)18-12(21)8-5-11(20)19(6-8)7-13(15,16)17/h1-4,8H,5-7H2,(H,18,21). The first-order chi connectivity index (χ1) is 9.74. The predicted octanol–water partition coefficient (Wildman–Crippen LogP) is 2.17. The highest BCUT2D eigenvalue weighted by Gasteiger charge is 2.40. The quantitative estimate of drug-likeness (QED) is 0.870. The van der Waals surface area contributed by atoms with Crippen LogP contribution in [0.5, 0.6) is 0 Å². The van der Waals surface area contributed by atoms with E-state index in [1.807, 2.05) is 0 Å². The summed E-state index contributed by atoms with van der Waals surface area (Å²) >= 11 is 0. The van der Waals surface area contributed by atoms with Gasteiger partial charge in [0.1, 0.15) is 12.4 Å². The Bertz CT molecular complexity index is 542. The number of nitrogens with one attached hydrogen (secondary N) is 1. The fourth-order valence-electron chi connectivity index (χ4n) is 2.09. The summed E-state index contributed by atoms with van der Waals surface area (Å²) in [5.74, 6) is -2.57. The zero-order valence-corrected chi connectivity index (χ0v) is 10.8. The van der Waals surface area contributed by atoms with E-state index in [9.17, 15) is 27.2 Å². The van der Waals surface area contributed by atoms with Crippen LogP contribution in [0.2, 0.25) is 0 Å². The lowest BCUT2D eigenvalue weighted by Crippen LogP contribution is -2.36. The number of benzene rings is 1. The molecule has 8 heteroatoms. The van der Waals surface area contributed by atoms with E-state index >= 15 is 0 Å². The summed E-state index contributed by atoms with van der Waals surface area (Å²) in [5.41, 5.74) is 0.322. The van der Waals surface area contributed by atoms with Crippen molar-refractivity contribution in [2.75, 3.05) is 18.4 Å². The van der Waals surface area contributed by atoms with Gasteiger partial charge in [-0.1, -0.05) is 0 Å². The Morgan fingerprint density at radius 1 is 1.29 bits per heavy atom. The Hall–Kier alpha value is -2.12. The van der Waals surface area contributed by atoms with Gasteiger partial charge in [0.25, 0.3) is 0 Å². The first-order valence-electron chi connectivity index (χ1n) is 6.15. The van der Waals surface area contributed by atoms with Crippen LogP contribution >= 0.6 is 0 Å². The number of alkyl halides is 3. The van der Waals surface area contributed by atoms with Crippen LogP contribution in [0, 0.1) is 11.7 Å². The maximum absolute atomic E-state index is 12.7. The van der Waals surface area contributed by atoms with Crippen molar-refractivity contribution in [3.8, 4) is 0 Å². The molecule has 1 saturated heterocycles. The highest BCUT2D eigenvalue weighted by Crippen LogP contribution is 2.24. The second-order valence-electron chi connectivity index (χ2n) is 4.79. The minimum atomic E-state index is -4.49. The molecule has 0 radical (unpaired) electrons. The summed E-state index contributed by atoms with van der Waals surface area (Å²) in [5, 5.41) is 2.45. The third-order valence-electron chi connectivity index (χ3n) is 3.07. The third-order valence-corrected chi connectivity index (χ3v) is 3.07. The number of amides is 2. The summed E-state index contributed by atoms with van der Waals surface area (Å²) in [6.45, 7) is -1.63. The van der Waals surface area contributed by atoms with Crippen LogP contribution in [0.1, 0.15) is 6.42 Å². The molecular formula is C13H12F4N2O2. The first kappa shape index (κ1) is 15.3. The van der Waals surface area contributed by atoms with Gasteiger partial charge in [-0.25, -0.2) is 4.39 Å². The normalized spacial score (nSPS) is 19.0. The van der Waals surface area contributed by atoms with E-state index in [-0.39, 0.29) is 13.0 Å². The van der Waals surface area contributed by atoms with Crippen LogP contribution in [-0.4, -0.2) is 36.0 Å². The molecule has 21 heavy (non-hydrogen) atoms. The van der Waals surface area contributed by atoms with E-state index in [0.29, 0.717) is 10.6 Å². The van der Waals surface area contributed by atoms with Crippen LogP contribution < -0.4 is 5.32 Å². The molecule has 1 aliphatic rings. The molecule has 1 heterocycles. The molecule has 1 atom stereocenters. The lowest BCUT2D eigenvalue weighted by molar-refractivity contribution is -0.157. The van der Waals surface area contributed by atoms with E-state index in [0.717, 1.165) is 12.1 Å². The highest BCUT2D eigenvalue weighted by molar-refractivity contribution is 5.97. The molecule has 2 amide bonds. The van der Waals surface area contributed by atoms with E-state index in [1.165, 1.54) is 12.1 Å². The summed E-state index contributed by atoms with van der Waals surface area (Å²) < 4.78 is 49.5. The molecule has 1 aliphatic heterocycles. The molecule has 1 unspecified atom stereocenters. The van der Waals surface area contributed by atoms with Crippen molar-refractivity contribution in [1.82, 2.24) is 4.90 Å². The van der Waals surface area contributed by atoms with Gasteiger partial charge in [0.05, 0.1) is 5.92 Å². The molecular weight excluding hydrogens is 292 g/mol. The topological polar surface area (TPSA) is 49.4 Å². The molecule has 1 N–H and O–H groups in total. The van der Waals surface area contributed by atoms with Crippen molar-refractivity contribution in [2.24, 2.45) is 5.92 Å². The van der Waals surface area contributed by atoms with Gasteiger partial charge >= 0.3 is 6.18 Å². The molecule has 0 spiro atoms. The summed E-state index contributed by atoms with van der Waals surface area (Å²) in [6.07, 6.45) is -4.75. The number of anilines is 1. The zero-order valence-electron chi connectivity index (χ0n) is 10.8. The number of nitrogens with zero attached hydrogens (tertiary/aromatic N) is 1. The Morgan fingerprint density at radius 3 is 2.48 bits per heavy atom. The van der Waals surface area contributed by atoms with Crippen molar-refractivity contribution < 1.29 is 27.2 Å². The first-order valence-corrected chi connectivity index (χ1v) is 6.15. The van der Waals surface area contributed by atoms with E-state index in [1.54, 1.807) is 0 Å². The summed E-state index contributed by atoms with van der Waals surface area (Å²) in [7, 11) is 0. The number of hydrogen-bond donors (Lipinski definition) is 1. The van der Waals surface area contributed by atoms with Gasteiger partial charge in [0.15, 0.2) is 0 Å². The van der Waals surface area contributed by atoms with E-state index < -0.39 is 36.3 Å². The summed E-state index contributed by atoms with van der Waals surface area (Å²) in [4.78, 5) is 24.0. The Labute approximate surface area is 117 Å². The number of halogens is 4. The Balaban J connectivity index is 1.95. The zero-order chi connectivity index (χ0) is 15.6. The average Bonchev–Trinajstić information content (AvgIpc) is 2.72. The van der Waals surface area contributed by atoms with Gasteiger partial charge in [0, 0.05) is 18.7 Å². The smallest absolute Gasteiger partial charge is 0.333 e. The number of likely N-dealkylation sites (tertiary alicyclic amines) is 1. The van der Waals surface area contributed by atoms with Gasteiger partial charge in [-0.3, -0.25) is 9.59 Å². The minimum absolute atomic E-state index is 0.261. The van der Waals surface area contributed by atoms with Crippen LogP contribution in [0.3, 0.4) is 0 Å². The SMILES string of the molecule is O=C(Nc1ccc(F)cc1)C1CC(=O)N(CC(F)(F)F)C1. The molecule has 0 bridgehead atoms. The van der Waals surface area contributed by atoms with Crippen molar-refractivity contribution in [3.63, 3.8) is 0 Å². The largest absolute Gasteiger partial charge is 0.406 e. The van der Waals surface area contributed by atoms with Gasteiger partial charge in [0.2, 0.25) is 11.8 Å². The molecule has 0 aliphatic carbocycles. The molecule has 2 rings (SSSR count). The van der Waals surface area contributed by atoms with E-state index in [4.69, 9.17) is 0 Å². The number of rotatable bonds is 3. The molecule has 1 fully saturated rings. The monoisotopic (exact) mass is 304 g/mol. The van der Waals surface area contributed by atoms with Gasteiger partial charge < -0.3 is 10.2 Å². The van der Waals surface area contributed by atoms with Crippen LogP contribution in [0.4, 0.5) is 23.2 Å². The van der Waals surface area contributed by atoms with Crippen molar-refractivity contribution in [1.29, 1.82) is 0 Å². The second-order valence-corrected chi connectivity index (χ2v) is 4.79. The Kier molecular flexibility index (Phi) is 4.15. The molecule has 0 aromatic heterocycles. The number of carbonyl (C=O) groups excluding carboxylic acids is 2. The maximum Gasteiger partial charge on any atom is 0.406 e. The minimum Gasteiger partial charge on any atom is -0.333 e. The van der Waals surface area contributed by atoms with Gasteiger partial charge in [-0.15, -0.1) is 0 Å². The van der Waals surface area contributed by atoms with Crippen molar-refractivity contribution in [2.45, 2.75) is 12.6 Å². The molecule has 1 aromatic rings. The summed E-state index contributed by atoms with van der Waals surface area (Å²) in [6, 6.07) is 4.95. The molecule has 4 nitrogen and oxygen atoms in total. The average molecular weight is 304 g/mol. The van der Waals surface area contributed by atoms with Crippen LogP contribution in [-0.2, 0) is 9.59 Å². The van der Waals surface area contributed by atoms with Crippen LogP contribution in [0.25, 0.3) is 0 Å². The maximum atomic E-state index is 12.7. The highest BCUT2D eigenvalue weighted by atomic mass is 19.4.